The van der Waals surface area contributed by atoms with E-state index in [1.54, 1.807) is 0 Å². The zero-order chi connectivity index (χ0) is 16.5. The number of hydrogen-bond acceptors (Lipinski definition) is 6. The summed E-state index contributed by atoms with van der Waals surface area (Å²) < 4.78 is 0. The van der Waals surface area contributed by atoms with Crippen molar-refractivity contribution in [3.8, 4) is 0 Å². The van der Waals surface area contributed by atoms with Gasteiger partial charge < -0.3 is 25.5 Å². The van der Waals surface area contributed by atoms with E-state index in [2.05, 4.69) is 0 Å². The molecule has 22 heavy (non-hydrogen) atoms. The van der Waals surface area contributed by atoms with Gasteiger partial charge in [-0.15, -0.1) is 11.8 Å². The predicted molar refractivity (Wildman–Crippen MR) is 84.8 cm³/mol. The van der Waals surface area contributed by atoms with Crippen LogP contribution in [0.1, 0.15) is 51.4 Å². The number of thioether (sulfide) groups is 1. The van der Waals surface area contributed by atoms with Gasteiger partial charge >= 0.3 is 5.97 Å². The molecule has 6 nitrogen and oxygen atoms in total. The Labute approximate surface area is 135 Å². The average molecular weight is 336 g/mol. The van der Waals surface area contributed by atoms with Crippen molar-refractivity contribution >= 4 is 17.7 Å². The fraction of sp³-hybridized carbons (Fsp3) is 0.933. The van der Waals surface area contributed by atoms with Gasteiger partial charge in [0.2, 0.25) is 0 Å². The Morgan fingerprint density at radius 2 is 1.36 bits per heavy atom. The first-order chi connectivity index (χ1) is 10.5. The van der Waals surface area contributed by atoms with Crippen molar-refractivity contribution in [2.24, 2.45) is 0 Å². The standard InChI is InChI=1S/C15H28O6S/c16-9-11-14(20)15(21)13(19)10(22-11)7-5-3-1-2-4-6-8-12(17)18/h10-11,13-16,19-21H,1-9H2,(H,17,18)/t10-,11+,13-,14+,15+/m0/s1. The number of unbranched alkanes of at least 4 members (excludes halogenated alkanes) is 5. The van der Waals surface area contributed by atoms with Crippen LogP contribution >= 0.6 is 11.8 Å². The Bertz CT molecular complexity index is 325. The molecule has 1 aliphatic rings. The van der Waals surface area contributed by atoms with E-state index < -0.39 is 29.5 Å². The molecule has 1 aliphatic heterocycles. The first kappa shape index (κ1) is 19.7. The van der Waals surface area contributed by atoms with Gasteiger partial charge in [-0.1, -0.05) is 32.1 Å². The SMILES string of the molecule is O=C(O)CCCCCCCC[C@@H]1S[C@H](CO)[C@@H](O)[C@H](O)[C@H]1O. The summed E-state index contributed by atoms with van der Waals surface area (Å²) in [5.41, 5.74) is 0. The van der Waals surface area contributed by atoms with Crippen LogP contribution in [-0.2, 0) is 4.79 Å². The van der Waals surface area contributed by atoms with E-state index >= 15 is 0 Å². The van der Waals surface area contributed by atoms with Crippen molar-refractivity contribution in [3.63, 3.8) is 0 Å². The van der Waals surface area contributed by atoms with E-state index in [1.165, 1.54) is 11.8 Å². The lowest BCUT2D eigenvalue weighted by Crippen LogP contribution is -2.53. The first-order valence-corrected chi connectivity index (χ1v) is 8.94. The third-order valence-electron chi connectivity index (χ3n) is 4.12. The number of rotatable bonds is 10. The first-order valence-electron chi connectivity index (χ1n) is 7.99. The molecule has 1 heterocycles. The van der Waals surface area contributed by atoms with Gasteiger partial charge in [0.1, 0.15) is 6.10 Å². The van der Waals surface area contributed by atoms with Crippen molar-refractivity contribution < 1.29 is 30.3 Å². The van der Waals surface area contributed by atoms with Gasteiger partial charge in [-0.2, -0.15) is 0 Å². The fourth-order valence-corrected chi connectivity index (χ4v) is 4.23. The zero-order valence-electron chi connectivity index (χ0n) is 12.8. The third kappa shape index (κ3) is 6.42. The minimum atomic E-state index is -1.19. The van der Waals surface area contributed by atoms with Gasteiger partial charge in [0.15, 0.2) is 0 Å². The van der Waals surface area contributed by atoms with Crippen molar-refractivity contribution in [1.82, 2.24) is 0 Å². The summed E-state index contributed by atoms with van der Waals surface area (Å²) in [5.74, 6) is -0.748. The second kappa shape index (κ2) is 10.4. The number of carbonyl (C=O) groups is 1. The molecule has 7 heteroatoms. The molecule has 0 amide bonds. The maximum absolute atomic E-state index is 10.4. The van der Waals surface area contributed by atoms with E-state index in [0.717, 1.165) is 44.9 Å². The molecule has 0 aromatic rings. The number of hydrogen-bond donors (Lipinski definition) is 5. The summed E-state index contributed by atoms with van der Waals surface area (Å²) in [6, 6.07) is 0. The Balaban J connectivity index is 2.14. The lowest BCUT2D eigenvalue weighted by molar-refractivity contribution is -0.137. The summed E-state index contributed by atoms with van der Waals surface area (Å²) in [6.45, 7) is -0.213. The third-order valence-corrected chi connectivity index (χ3v) is 5.76. The number of carboxylic acids is 1. The van der Waals surface area contributed by atoms with Crippen molar-refractivity contribution in [2.75, 3.05) is 6.61 Å². The second-order valence-electron chi connectivity index (χ2n) is 5.92. The Kier molecular flexibility index (Phi) is 9.35. The highest BCUT2D eigenvalue weighted by molar-refractivity contribution is 8.00. The largest absolute Gasteiger partial charge is 0.481 e. The van der Waals surface area contributed by atoms with E-state index in [1.807, 2.05) is 0 Å². The van der Waals surface area contributed by atoms with E-state index in [9.17, 15) is 25.2 Å². The van der Waals surface area contributed by atoms with Gasteiger partial charge in [0.05, 0.1) is 24.1 Å². The van der Waals surface area contributed by atoms with Crippen LogP contribution in [0, 0.1) is 0 Å². The van der Waals surface area contributed by atoms with Crippen LogP contribution in [0.15, 0.2) is 0 Å². The van der Waals surface area contributed by atoms with E-state index in [0.29, 0.717) is 0 Å². The monoisotopic (exact) mass is 336 g/mol. The van der Waals surface area contributed by atoms with Crippen molar-refractivity contribution in [3.05, 3.63) is 0 Å². The van der Waals surface area contributed by atoms with E-state index in [4.69, 9.17) is 5.11 Å². The van der Waals surface area contributed by atoms with Crippen LogP contribution in [0.25, 0.3) is 0 Å². The van der Waals surface area contributed by atoms with Gasteiger partial charge in [-0.05, 0) is 12.8 Å². The van der Waals surface area contributed by atoms with Crippen LogP contribution in [0.3, 0.4) is 0 Å². The average Bonchev–Trinajstić information content (AvgIpc) is 2.49. The highest BCUT2D eigenvalue weighted by atomic mass is 32.2. The summed E-state index contributed by atoms with van der Waals surface area (Å²) in [5, 5.41) is 46.6. The van der Waals surface area contributed by atoms with Crippen molar-refractivity contribution in [1.29, 1.82) is 0 Å². The molecule has 0 aromatic carbocycles. The molecule has 0 aliphatic carbocycles. The minimum absolute atomic E-state index is 0.164. The maximum atomic E-state index is 10.4. The van der Waals surface area contributed by atoms with Crippen LogP contribution in [0.4, 0.5) is 0 Å². The summed E-state index contributed by atoms with van der Waals surface area (Å²) in [7, 11) is 0. The molecule has 0 aromatic heterocycles. The molecule has 5 atom stereocenters. The number of aliphatic hydroxyl groups is 4. The molecule has 0 bridgehead atoms. The van der Waals surface area contributed by atoms with Gasteiger partial charge in [-0.3, -0.25) is 4.79 Å². The second-order valence-corrected chi connectivity index (χ2v) is 7.40. The molecule has 5 N–H and O–H groups in total. The Morgan fingerprint density at radius 3 is 1.95 bits per heavy atom. The normalized spacial score (nSPS) is 32.1. The maximum Gasteiger partial charge on any atom is 0.303 e. The molecular weight excluding hydrogens is 308 g/mol. The number of aliphatic carboxylic acids is 1. The molecule has 0 spiro atoms. The highest BCUT2D eigenvalue weighted by Crippen LogP contribution is 2.35. The summed E-state index contributed by atoms with van der Waals surface area (Å²) >= 11 is 1.35. The minimum Gasteiger partial charge on any atom is -0.481 e. The quantitative estimate of drug-likeness (QED) is 0.374. The van der Waals surface area contributed by atoms with E-state index in [-0.39, 0.29) is 18.3 Å². The lowest BCUT2D eigenvalue weighted by Gasteiger charge is -2.39. The molecule has 0 radical (unpaired) electrons. The van der Waals surface area contributed by atoms with Crippen molar-refractivity contribution in [2.45, 2.75) is 80.2 Å². The number of aliphatic hydroxyl groups excluding tert-OH is 4. The molecule has 1 saturated heterocycles. The van der Waals surface area contributed by atoms with Crippen LogP contribution < -0.4 is 0 Å². The van der Waals surface area contributed by atoms with Crippen LogP contribution in [0.2, 0.25) is 0 Å². The fourth-order valence-electron chi connectivity index (χ4n) is 2.75. The molecule has 0 saturated carbocycles. The molecule has 0 unspecified atom stereocenters. The molecule has 130 valence electrons. The van der Waals surface area contributed by atoms with Gasteiger partial charge in [-0.25, -0.2) is 0 Å². The molecule has 1 rings (SSSR count). The topological polar surface area (TPSA) is 118 Å². The summed E-state index contributed by atoms with van der Waals surface area (Å²) in [6.07, 6.45) is 3.31. The summed E-state index contributed by atoms with van der Waals surface area (Å²) in [4.78, 5) is 10.4. The van der Waals surface area contributed by atoms with Crippen LogP contribution in [-0.4, -0.2) is 66.9 Å². The predicted octanol–water partition coefficient (Wildman–Crippen LogP) is 0.751. The Hall–Kier alpha value is -0.340. The van der Waals surface area contributed by atoms with Crippen LogP contribution in [0.5, 0.6) is 0 Å². The zero-order valence-corrected chi connectivity index (χ0v) is 13.6. The number of carboxylic acid groups (broad SMARTS) is 1. The molecular formula is C15H28O6S. The highest BCUT2D eigenvalue weighted by Gasteiger charge is 2.42. The molecule has 1 fully saturated rings. The Morgan fingerprint density at radius 1 is 0.818 bits per heavy atom. The van der Waals surface area contributed by atoms with Gasteiger partial charge in [0, 0.05) is 11.7 Å². The smallest absolute Gasteiger partial charge is 0.303 e. The lowest BCUT2D eigenvalue weighted by atomic mass is 9.97. The van der Waals surface area contributed by atoms with Gasteiger partial charge in [0.25, 0.3) is 0 Å².